The van der Waals surface area contributed by atoms with Gasteiger partial charge in [0, 0.05) is 13.0 Å². The largest absolute Gasteiger partial charge is 0.461 e. The number of hydrogen-bond acceptors (Lipinski definition) is 6. The number of carbonyl (C=O) groups is 3. The van der Waals surface area contributed by atoms with E-state index in [9.17, 15) is 19.5 Å². The molecule has 0 heterocycles. The summed E-state index contributed by atoms with van der Waals surface area (Å²) in [5.41, 5.74) is 1.73. The minimum Gasteiger partial charge on any atom is -0.461 e. The van der Waals surface area contributed by atoms with Gasteiger partial charge in [0.2, 0.25) is 5.91 Å². The molecule has 31 heavy (non-hydrogen) atoms. The Bertz CT molecular complexity index is 813. The molecule has 8 heteroatoms. The standard InChI is InChI=1S/C23H28N2O6/c26-15-20(25-23(29)31-17-19-11-5-2-6-12-19)22(28)24-14-8-7-13-21(27)30-16-18-9-3-1-4-10-18/h1-6,9-12,20,26H,7-8,13-17H2,(H,24,28)(H,25,29). The smallest absolute Gasteiger partial charge is 0.408 e. The highest BCUT2D eigenvalue weighted by atomic mass is 16.5. The van der Waals surface area contributed by atoms with E-state index in [0.29, 0.717) is 19.4 Å². The number of hydrogen-bond donors (Lipinski definition) is 3. The van der Waals surface area contributed by atoms with Crippen molar-refractivity contribution in [2.24, 2.45) is 0 Å². The van der Waals surface area contributed by atoms with Gasteiger partial charge < -0.3 is 25.2 Å². The Hall–Kier alpha value is -3.39. The van der Waals surface area contributed by atoms with Gasteiger partial charge in [-0.05, 0) is 24.0 Å². The van der Waals surface area contributed by atoms with Crippen LogP contribution in [0.15, 0.2) is 60.7 Å². The number of amides is 2. The highest BCUT2D eigenvalue weighted by Crippen LogP contribution is 2.04. The summed E-state index contributed by atoms with van der Waals surface area (Å²) in [4.78, 5) is 35.7. The van der Waals surface area contributed by atoms with Gasteiger partial charge in [-0.25, -0.2) is 4.79 Å². The van der Waals surface area contributed by atoms with Crippen LogP contribution in [0.1, 0.15) is 30.4 Å². The Morgan fingerprint density at radius 1 is 0.839 bits per heavy atom. The summed E-state index contributed by atoms with van der Waals surface area (Å²) in [6.45, 7) is 0.0492. The quantitative estimate of drug-likeness (QED) is 0.353. The lowest BCUT2D eigenvalue weighted by Crippen LogP contribution is -2.49. The summed E-state index contributed by atoms with van der Waals surface area (Å²) in [6, 6.07) is 17.4. The molecule has 2 aromatic rings. The number of carbonyl (C=O) groups excluding carboxylic acids is 3. The van der Waals surface area contributed by atoms with Gasteiger partial charge in [0.1, 0.15) is 19.3 Å². The van der Waals surface area contributed by atoms with E-state index in [0.717, 1.165) is 11.1 Å². The molecule has 0 saturated heterocycles. The number of ether oxygens (including phenoxy) is 2. The number of alkyl carbamates (subject to hydrolysis) is 1. The summed E-state index contributed by atoms with van der Waals surface area (Å²) < 4.78 is 10.2. The van der Waals surface area contributed by atoms with E-state index < -0.39 is 24.6 Å². The van der Waals surface area contributed by atoms with Crippen LogP contribution < -0.4 is 10.6 Å². The van der Waals surface area contributed by atoms with Crippen molar-refractivity contribution in [1.29, 1.82) is 0 Å². The first kappa shape index (κ1) is 23.9. The summed E-state index contributed by atoms with van der Waals surface area (Å²) in [7, 11) is 0. The van der Waals surface area contributed by atoms with Crippen molar-refractivity contribution in [3.63, 3.8) is 0 Å². The third kappa shape index (κ3) is 9.77. The Labute approximate surface area is 181 Å². The van der Waals surface area contributed by atoms with E-state index in [2.05, 4.69) is 10.6 Å². The molecule has 0 aromatic heterocycles. The van der Waals surface area contributed by atoms with E-state index in [1.807, 2.05) is 48.5 Å². The maximum atomic E-state index is 12.1. The zero-order valence-corrected chi connectivity index (χ0v) is 17.3. The molecule has 166 valence electrons. The lowest BCUT2D eigenvalue weighted by atomic mass is 10.2. The molecule has 0 fully saturated rings. The summed E-state index contributed by atoms with van der Waals surface area (Å²) in [6.07, 6.45) is 0.558. The second-order valence-corrected chi connectivity index (χ2v) is 6.84. The van der Waals surface area contributed by atoms with Gasteiger partial charge in [-0.1, -0.05) is 60.7 Å². The first-order chi connectivity index (χ1) is 15.1. The fraction of sp³-hybridized carbons (Fsp3) is 0.348. The average Bonchev–Trinajstić information content (AvgIpc) is 2.80. The molecule has 0 aliphatic carbocycles. The zero-order chi connectivity index (χ0) is 22.3. The van der Waals surface area contributed by atoms with E-state index >= 15 is 0 Å². The zero-order valence-electron chi connectivity index (χ0n) is 17.3. The molecule has 2 rings (SSSR count). The Morgan fingerprint density at radius 2 is 1.42 bits per heavy atom. The van der Waals surface area contributed by atoms with Crippen LogP contribution in [0.3, 0.4) is 0 Å². The highest BCUT2D eigenvalue weighted by molar-refractivity contribution is 5.85. The lowest BCUT2D eigenvalue weighted by Gasteiger charge is -2.16. The lowest BCUT2D eigenvalue weighted by molar-refractivity contribution is -0.145. The van der Waals surface area contributed by atoms with Crippen molar-refractivity contribution >= 4 is 18.0 Å². The molecule has 0 radical (unpaired) electrons. The number of nitrogens with one attached hydrogen (secondary N) is 2. The average molecular weight is 428 g/mol. The Balaban J connectivity index is 1.57. The van der Waals surface area contributed by atoms with Gasteiger partial charge in [-0.2, -0.15) is 0 Å². The minimum atomic E-state index is -1.11. The van der Waals surface area contributed by atoms with Crippen LogP contribution in [-0.4, -0.2) is 42.3 Å². The van der Waals surface area contributed by atoms with Crippen molar-refractivity contribution in [3.05, 3.63) is 71.8 Å². The van der Waals surface area contributed by atoms with Gasteiger partial charge in [0.25, 0.3) is 0 Å². The molecular weight excluding hydrogens is 400 g/mol. The Morgan fingerprint density at radius 3 is 2.00 bits per heavy atom. The summed E-state index contributed by atoms with van der Waals surface area (Å²) in [5.74, 6) is -0.822. The third-order valence-electron chi connectivity index (χ3n) is 4.35. The molecule has 0 spiro atoms. The van der Waals surface area contributed by atoms with Crippen LogP contribution in [0.5, 0.6) is 0 Å². The molecule has 3 N–H and O–H groups in total. The number of aliphatic hydroxyl groups is 1. The summed E-state index contributed by atoms with van der Waals surface area (Å²) in [5, 5.41) is 14.3. The molecule has 0 saturated carbocycles. The fourth-order valence-electron chi connectivity index (χ4n) is 2.64. The molecule has 2 aromatic carbocycles. The van der Waals surface area contributed by atoms with Gasteiger partial charge in [-0.3, -0.25) is 9.59 Å². The SMILES string of the molecule is O=C(CCCCNC(=O)C(CO)NC(=O)OCc1ccccc1)OCc1ccccc1. The highest BCUT2D eigenvalue weighted by Gasteiger charge is 2.20. The normalized spacial score (nSPS) is 11.3. The second kappa shape index (κ2) is 13.8. The van der Waals surface area contributed by atoms with Crippen molar-refractivity contribution in [2.45, 2.75) is 38.5 Å². The van der Waals surface area contributed by atoms with Crippen LogP contribution in [0.4, 0.5) is 4.79 Å². The topological polar surface area (TPSA) is 114 Å². The number of aliphatic hydroxyl groups excluding tert-OH is 1. The van der Waals surface area contributed by atoms with Crippen LogP contribution in [0.2, 0.25) is 0 Å². The van der Waals surface area contributed by atoms with Gasteiger partial charge in [-0.15, -0.1) is 0 Å². The van der Waals surface area contributed by atoms with Crippen LogP contribution >= 0.6 is 0 Å². The summed E-state index contributed by atoms with van der Waals surface area (Å²) >= 11 is 0. The van der Waals surface area contributed by atoms with E-state index in [1.54, 1.807) is 12.1 Å². The molecule has 0 bridgehead atoms. The van der Waals surface area contributed by atoms with E-state index in [1.165, 1.54) is 0 Å². The van der Waals surface area contributed by atoms with Crippen LogP contribution in [0, 0.1) is 0 Å². The molecule has 2 amide bonds. The van der Waals surface area contributed by atoms with Gasteiger partial charge >= 0.3 is 12.1 Å². The first-order valence-corrected chi connectivity index (χ1v) is 10.1. The number of esters is 1. The number of unbranched alkanes of at least 4 members (excludes halogenated alkanes) is 1. The van der Waals surface area contributed by atoms with Crippen molar-refractivity contribution < 1.29 is 29.0 Å². The predicted octanol–water partition coefficient (Wildman–Crippen LogP) is 2.30. The van der Waals surface area contributed by atoms with Crippen molar-refractivity contribution in [2.75, 3.05) is 13.2 Å². The van der Waals surface area contributed by atoms with E-state index in [-0.39, 0.29) is 25.6 Å². The second-order valence-electron chi connectivity index (χ2n) is 6.84. The van der Waals surface area contributed by atoms with Crippen molar-refractivity contribution in [1.82, 2.24) is 10.6 Å². The fourth-order valence-corrected chi connectivity index (χ4v) is 2.64. The molecule has 8 nitrogen and oxygen atoms in total. The first-order valence-electron chi connectivity index (χ1n) is 10.1. The monoisotopic (exact) mass is 428 g/mol. The molecule has 1 atom stereocenters. The molecule has 0 aliphatic rings. The van der Waals surface area contributed by atoms with E-state index in [4.69, 9.17) is 9.47 Å². The number of rotatable bonds is 12. The maximum absolute atomic E-state index is 12.1. The Kier molecular flexibility index (Phi) is 10.6. The third-order valence-corrected chi connectivity index (χ3v) is 4.35. The molecular formula is C23H28N2O6. The van der Waals surface area contributed by atoms with Gasteiger partial charge in [0.15, 0.2) is 0 Å². The van der Waals surface area contributed by atoms with Crippen LogP contribution in [-0.2, 0) is 32.3 Å². The number of benzene rings is 2. The maximum Gasteiger partial charge on any atom is 0.408 e. The molecule has 1 unspecified atom stereocenters. The van der Waals surface area contributed by atoms with Crippen LogP contribution in [0.25, 0.3) is 0 Å². The predicted molar refractivity (Wildman–Crippen MR) is 114 cm³/mol. The molecule has 0 aliphatic heterocycles. The van der Waals surface area contributed by atoms with Crippen molar-refractivity contribution in [3.8, 4) is 0 Å². The van der Waals surface area contributed by atoms with Gasteiger partial charge in [0.05, 0.1) is 6.61 Å². The minimum absolute atomic E-state index is 0.0623.